The molecule has 3 rings (SSSR count). The van der Waals surface area contributed by atoms with Gasteiger partial charge in [-0.25, -0.2) is 4.98 Å². The summed E-state index contributed by atoms with van der Waals surface area (Å²) in [5.41, 5.74) is -0.349. The first-order valence-corrected chi connectivity index (χ1v) is 9.29. The molecule has 1 aromatic heterocycles. The van der Waals surface area contributed by atoms with E-state index in [1.54, 1.807) is 7.11 Å². The van der Waals surface area contributed by atoms with Crippen LogP contribution in [0.3, 0.4) is 0 Å². The number of aromatic nitrogens is 1. The summed E-state index contributed by atoms with van der Waals surface area (Å²) in [7, 11) is 1.69. The fraction of sp³-hybridized carbons (Fsp3) is 0.647. The minimum absolute atomic E-state index is 0. The number of carbonyl (C=O) groups is 1. The predicted octanol–water partition coefficient (Wildman–Crippen LogP) is 2.35. The molecule has 0 aliphatic carbocycles. The van der Waals surface area contributed by atoms with E-state index < -0.39 is 0 Å². The van der Waals surface area contributed by atoms with E-state index in [9.17, 15) is 4.79 Å². The number of nitrogens with zero attached hydrogens (tertiary/aromatic N) is 3. The van der Waals surface area contributed by atoms with Gasteiger partial charge in [-0.3, -0.25) is 4.79 Å². The maximum atomic E-state index is 13.1. The van der Waals surface area contributed by atoms with Crippen molar-refractivity contribution in [3.05, 3.63) is 22.8 Å². The van der Waals surface area contributed by atoms with Crippen molar-refractivity contribution in [2.45, 2.75) is 12.8 Å². The highest BCUT2D eigenvalue weighted by Gasteiger charge is 2.42. The van der Waals surface area contributed by atoms with Crippen molar-refractivity contribution < 1.29 is 9.53 Å². The fourth-order valence-electron chi connectivity index (χ4n) is 3.63. The Morgan fingerprint density at radius 2 is 1.88 bits per heavy atom. The number of anilines is 1. The molecular weight excluding hydrogens is 443 g/mol. The number of amides is 1. The second-order valence-corrected chi connectivity index (χ2v) is 7.49. The van der Waals surface area contributed by atoms with Gasteiger partial charge in [0.15, 0.2) is 0 Å². The van der Waals surface area contributed by atoms with E-state index >= 15 is 0 Å². The smallest absolute Gasteiger partial charge is 0.231 e. The van der Waals surface area contributed by atoms with Crippen LogP contribution >= 0.6 is 40.7 Å². The molecule has 1 N–H and O–H groups in total. The third-order valence-corrected chi connectivity index (χ3v) is 5.51. The number of piperidine rings is 1. The summed E-state index contributed by atoms with van der Waals surface area (Å²) in [6.07, 6.45) is 3.53. The number of methoxy groups -OCH3 is 1. The van der Waals surface area contributed by atoms with Crippen LogP contribution in [-0.2, 0) is 9.53 Å². The summed E-state index contributed by atoms with van der Waals surface area (Å²) in [6.45, 7) is 5.42. The van der Waals surface area contributed by atoms with Crippen LogP contribution in [0.2, 0.25) is 0 Å². The van der Waals surface area contributed by atoms with Crippen LogP contribution < -0.4 is 10.2 Å². The molecule has 2 fully saturated rings. The predicted molar refractivity (Wildman–Crippen MR) is 112 cm³/mol. The number of pyridine rings is 1. The second kappa shape index (κ2) is 10.7. The van der Waals surface area contributed by atoms with Gasteiger partial charge < -0.3 is 19.9 Å². The molecule has 0 aromatic carbocycles. The molecule has 3 heterocycles. The summed E-state index contributed by atoms with van der Waals surface area (Å²) in [5.74, 6) is 1.23. The number of nitrogens with one attached hydrogen (secondary N) is 1. The molecule has 0 spiro atoms. The number of piperazine rings is 1. The van der Waals surface area contributed by atoms with Gasteiger partial charge in [0.2, 0.25) is 5.91 Å². The first kappa shape index (κ1) is 23.4. The second-order valence-electron chi connectivity index (χ2n) is 6.58. The number of rotatable bonds is 4. The Kier molecular flexibility index (Phi) is 9.61. The molecule has 6 nitrogen and oxygen atoms in total. The molecule has 9 heteroatoms. The van der Waals surface area contributed by atoms with Crippen LogP contribution in [0.1, 0.15) is 12.8 Å². The molecule has 0 atom stereocenters. The fourth-order valence-corrected chi connectivity index (χ4v) is 3.87. The molecule has 2 saturated heterocycles. The van der Waals surface area contributed by atoms with Crippen LogP contribution in [0.4, 0.5) is 5.82 Å². The lowest BCUT2D eigenvalue weighted by Gasteiger charge is -2.43. The number of hydrogen-bond donors (Lipinski definition) is 1. The van der Waals surface area contributed by atoms with Gasteiger partial charge >= 0.3 is 0 Å². The van der Waals surface area contributed by atoms with Crippen molar-refractivity contribution >= 4 is 52.5 Å². The van der Waals surface area contributed by atoms with Crippen LogP contribution in [0, 0.1) is 5.41 Å². The first-order valence-electron chi connectivity index (χ1n) is 8.50. The quantitative estimate of drug-likeness (QED) is 0.733. The van der Waals surface area contributed by atoms with Crippen molar-refractivity contribution in [3.8, 4) is 0 Å². The summed E-state index contributed by atoms with van der Waals surface area (Å²) in [5, 5.41) is 3.34. The number of carbonyl (C=O) groups excluding carboxylic acids is 1. The molecule has 0 saturated carbocycles. The van der Waals surface area contributed by atoms with E-state index in [0.29, 0.717) is 6.61 Å². The lowest BCUT2D eigenvalue weighted by molar-refractivity contribution is -0.147. The Bertz CT molecular complexity index is 557. The van der Waals surface area contributed by atoms with Gasteiger partial charge in [0, 0.05) is 44.0 Å². The van der Waals surface area contributed by atoms with Crippen molar-refractivity contribution in [1.82, 2.24) is 15.2 Å². The minimum Gasteiger partial charge on any atom is -0.384 e. The molecule has 2 aliphatic heterocycles. The van der Waals surface area contributed by atoms with E-state index in [2.05, 4.69) is 31.1 Å². The molecule has 2 aliphatic rings. The summed E-state index contributed by atoms with van der Waals surface area (Å²) in [4.78, 5) is 21.8. The van der Waals surface area contributed by atoms with E-state index in [4.69, 9.17) is 4.74 Å². The van der Waals surface area contributed by atoms with E-state index in [0.717, 1.165) is 62.4 Å². The lowest BCUT2D eigenvalue weighted by Crippen LogP contribution is -2.56. The molecule has 1 aromatic rings. The molecule has 0 unspecified atom stereocenters. The Labute approximate surface area is 176 Å². The van der Waals surface area contributed by atoms with Gasteiger partial charge in [-0.2, -0.15) is 0 Å². The number of ether oxygens (including phenoxy) is 1. The van der Waals surface area contributed by atoms with Gasteiger partial charge in [0.25, 0.3) is 0 Å². The normalized spacial score (nSPS) is 19.3. The topological polar surface area (TPSA) is 57.7 Å². The van der Waals surface area contributed by atoms with E-state index in [1.807, 2.05) is 23.2 Å². The zero-order valence-corrected chi connectivity index (χ0v) is 18.2. The van der Waals surface area contributed by atoms with Crippen LogP contribution in [-0.4, -0.2) is 68.8 Å². The van der Waals surface area contributed by atoms with Crippen LogP contribution in [0.15, 0.2) is 22.8 Å². The van der Waals surface area contributed by atoms with Crippen molar-refractivity contribution in [2.75, 3.05) is 57.9 Å². The highest BCUT2D eigenvalue weighted by molar-refractivity contribution is 9.10. The Morgan fingerprint density at radius 1 is 1.23 bits per heavy atom. The van der Waals surface area contributed by atoms with Crippen molar-refractivity contribution in [1.29, 1.82) is 0 Å². The Morgan fingerprint density at radius 3 is 2.42 bits per heavy atom. The monoisotopic (exact) mass is 468 g/mol. The van der Waals surface area contributed by atoms with Gasteiger partial charge in [0.1, 0.15) is 5.82 Å². The number of halogens is 3. The van der Waals surface area contributed by atoms with Crippen molar-refractivity contribution in [3.63, 3.8) is 0 Å². The molecule has 1 amide bonds. The largest absolute Gasteiger partial charge is 0.384 e. The standard InChI is InChI=1S/C17H25BrN4O2.2ClH/c1-24-13-17(4-6-19-7-5-17)16(23)22-10-8-21(9-11-22)15-3-2-14(18)12-20-15;;/h2-3,12,19H,4-11,13H2,1H3;2*1H. The highest BCUT2D eigenvalue weighted by Crippen LogP contribution is 2.32. The van der Waals surface area contributed by atoms with Gasteiger partial charge in [-0.15, -0.1) is 24.8 Å². The molecule has 26 heavy (non-hydrogen) atoms. The van der Waals surface area contributed by atoms with Crippen LogP contribution in [0.25, 0.3) is 0 Å². The zero-order valence-electron chi connectivity index (χ0n) is 14.9. The molecule has 0 radical (unpaired) electrons. The SMILES string of the molecule is COCC1(C(=O)N2CCN(c3ccc(Br)cn3)CC2)CCNCC1.Cl.Cl. The van der Waals surface area contributed by atoms with Crippen LogP contribution in [0.5, 0.6) is 0 Å². The minimum atomic E-state index is -0.349. The van der Waals surface area contributed by atoms with E-state index in [1.165, 1.54) is 0 Å². The maximum absolute atomic E-state index is 13.1. The summed E-state index contributed by atoms with van der Waals surface area (Å²) < 4.78 is 6.38. The average molecular weight is 470 g/mol. The van der Waals surface area contributed by atoms with Gasteiger partial charge in [-0.1, -0.05) is 0 Å². The number of hydrogen-bond acceptors (Lipinski definition) is 5. The lowest BCUT2D eigenvalue weighted by atomic mass is 9.78. The summed E-state index contributed by atoms with van der Waals surface area (Å²) in [6, 6.07) is 4.02. The maximum Gasteiger partial charge on any atom is 0.231 e. The Balaban J connectivity index is 0.00000169. The van der Waals surface area contributed by atoms with Crippen molar-refractivity contribution in [2.24, 2.45) is 5.41 Å². The first-order chi connectivity index (χ1) is 11.6. The average Bonchev–Trinajstić information content (AvgIpc) is 2.63. The summed E-state index contributed by atoms with van der Waals surface area (Å²) >= 11 is 3.41. The van der Waals surface area contributed by atoms with Gasteiger partial charge in [-0.05, 0) is 54.0 Å². The third kappa shape index (κ3) is 5.23. The molecule has 148 valence electrons. The highest BCUT2D eigenvalue weighted by atomic mass is 79.9. The zero-order chi connectivity index (χ0) is 17.0. The van der Waals surface area contributed by atoms with E-state index in [-0.39, 0.29) is 36.1 Å². The Hall–Kier alpha value is -0.600. The molecule has 0 bridgehead atoms. The molecular formula is C17H27BrCl2N4O2. The van der Waals surface area contributed by atoms with Gasteiger partial charge in [0.05, 0.1) is 12.0 Å². The third-order valence-electron chi connectivity index (χ3n) is 5.04.